The maximum atomic E-state index is 13.2. The first-order valence-electron chi connectivity index (χ1n) is 11.6. The zero-order valence-corrected chi connectivity index (χ0v) is 21.9. The van der Waals surface area contributed by atoms with Crippen molar-refractivity contribution in [2.45, 2.75) is 53.1 Å². The molecule has 2 heterocycles. The van der Waals surface area contributed by atoms with Crippen molar-refractivity contribution in [3.8, 4) is 0 Å². The van der Waals surface area contributed by atoms with Gasteiger partial charge in [0, 0.05) is 59.2 Å². The number of carbonyl (C=O) groups excluding carboxylic acids is 2. The number of hydrogen-bond acceptors (Lipinski definition) is 4. The molecule has 2 aromatic rings. The van der Waals surface area contributed by atoms with E-state index in [0.29, 0.717) is 24.2 Å². The molecule has 2 N–H and O–H groups in total. The number of anilines is 1. The maximum absolute atomic E-state index is 13.2. The molecule has 2 amide bonds. The van der Waals surface area contributed by atoms with Gasteiger partial charge in [-0.25, -0.2) is 0 Å². The number of aromatic amines is 1. The lowest BCUT2D eigenvalue weighted by Crippen LogP contribution is -2.46. The molecule has 1 aliphatic rings. The first kappa shape index (κ1) is 25.7. The fourth-order valence-electron chi connectivity index (χ4n) is 4.72. The Morgan fingerprint density at radius 1 is 1.24 bits per heavy atom. The summed E-state index contributed by atoms with van der Waals surface area (Å²) in [7, 11) is 0. The molecule has 7 nitrogen and oxygen atoms in total. The fourth-order valence-corrected chi connectivity index (χ4v) is 5.16. The Hall–Kier alpha value is -2.87. The second-order valence-electron chi connectivity index (χ2n) is 8.77. The first-order valence-corrected chi connectivity index (χ1v) is 12.4. The number of halogens is 1. The number of nitrogens with one attached hydrogen (secondary N) is 2. The highest BCUT2D eigenvalue weighted by Crippen LogP contribution is 2.32. The van der Waals surface area contributed by atoms with Gasteiger partial charge in [-0.2, -0.15) is 0 Å². The van der Waals surface area contributed by atoms with E-state index in [1.54, 1.807) is 0 Å². The number of amides is 2. The Morgan fingerprint density at radius 2 is 1.91 bits per heavy atom. The van der Waals surface area contributed by atoms with Crippen molar-refractivity contribution in [3.63, 3.8) is 0 Å². The first-order chi connectivity index (χ1) is 16.2. The third-order valence-corrected chi connectivity index (χ3v) is 7.01. The number of carbonyl (C=O) groups is 2. The van der Waals surface area contributed by atoms with Gasteiger partial charge in [-0.15, -0.1) is 0 Å². The van der Waals surface area contributed by atoms with Crippen LogP contribution < -0.4 is 15.8 Å². The van der Waals surface area contributed by atoms with Crippen molar-refractivity contribution in [2.75, 3.05) is 24.5 Å². The molecular formula is C26H33BrN4O3. The van der Waals surface area contributed by atoms with Gasteiger partial charge in [-0.05, 0) is 75.9 Å². The highest BCUT2D eigenvalue weighted by atomic mass is 79.9. The van der Waals surface area contributed by atoms with Crippen LogP contribution in [0.4, 0.5) is 5.69 Å². The molecule has 1 aromatic carbocycles. The molecular weight excluding hydrogens is 496 g/mol. The quantitative estimate of drug-likeness (QED) is 0.532. The van der Waals surface area contributed by atoms with Gasteiger partial charge in [0.15, 0.2) is 0 Å². The van der Waals surface area contributed by atoms with Crippen LogP contribution in [-0.2, 0) is 11.3 Å². The van der Waals surface area contributed by atoms with E-state index in [4.69, 9.17) is 0 Å². The Kier molecular flexibility index (Phi) is 8.36. The summed E-state index contributed by atoms with van der Waals surface area (Å²) in [5, 5.41) is 2.92. The third-order valence-electron chi connectivity index (χ3n) is 6.55. The second kappa shape index (κ2) is 11.0. The van der Waals surface area contributed by atoms with Gasteiger partial charge >= 0.3 is 0 Å². The van der Waals surface area contributed by atoms with Crippen LogP contribution in [0.15, 0.2) is 40.1 Å². The lowest BCUT2D eigenvalue weighted by atomic mass is 9.99. The van der Waals surface area contributed by atoms with Crippen LogP contribution in [0.3, 0.4) is 0 Å². The van der Waals surface area contributed by atoms with E-state index >= 15 is 0 Å². The van der Waals surface area contributed by atoms with Gasteiger partial charge in [0.05, 0.1) is 0 Å². The number of likely N-dealkylation sites (tertiary alicyclic amines) is 1. The smallest absolute Gasteiger partial charge is 0.253 e. The van der Waals surface area contributed by atoms with Crippen LogP contribution in [0.25, 0.3) is 0 Å². The van der Waals surface area contributed by atoms with E-state index in [2.05, 4.69) is 44.6 Å². The van der Waals surface area contributed by atoms with Crippen molar-refractivity contribution in [1.29, 1.82) is 0 Å². The Balaban J connectivity index is 1.81. The Morgan fingerprint density at radius 3 is 2.50 bits per heavy atom. The molecule has 0 saturated carbocycles. The van der Waals surface area contributed by atoms with Gasteiger partial charge in [0.25, 0.3) is 11.5 Å². The average Bonchev–Trinajstić information content (AvgIpc) is 2.80. The summed E-state index contributed by atoms with van der Waals surface area (Å²) in [5.41, 5.74) is 4.49. The van der Waals surface area contributed by atoms with E-state index in [-0.39, 0.29) is 30.0 Å². The minimum atomic E-state index is -0.220. The predicted octanol–water partition coefficient (Wildman–Crippen LogP) is 4.00. The van der Waals surface area contributed by atoms with Gasteiger partial charge in [0.1, 0.15) is 0 Å². The average molecular weight is 529 g/mol. The van der Waals surface area contributed by atoms with Gasteiger partial charge < -0.3 is 20.1 Å². The number of nitrogens with zero attached hydrogens (tertiary/aromatic N) is 2. The van der Waals surface area contributed by atoms with E-state index in [9.17, 15) is 14.4 Å². The number of piperidine rings is 1. The molecule has 0 aliphatic carbocycles. The summed E-state index contributed by atoms with van der Waals surface area (Å²) in [4.78, 5) is 44.4. The molecule has 0 bridgehead atoms. The summed E-state index contributed by atoms with van der Waals surface area (Å²) in [5.74, 6) is -0.247. The molecule has 1 saturated heterocycles. The topological polar surface area (TPSA) is 85.5 Å². The van der Waals surface area contributed by atoms with Crippen LogP contribution in [-0.4, -0.2) is 47.4 Å². The van der Waals surface area contributed by atoms with Crippen LogP contribution in [0, 0.1) is 20.8 Å². The zero-order valence-electron chi connectivity index (χ0n) is 20.3. The molecule has 182 valence electrons. The standard InChI is InChI=1S/C26H33BrN4O3/c1-6-24(32)30-10-8-20(9-11-30)31(7-2)23-14-19(27)13-21(18(23)5)25(33)28-15-22-16(3)12-17(4)29-26(22)34/h6,12-14,20H,1,7-11,15H2,2-5H3,(H,28,33)(H,29,34). The second-order valence-corrected chi connectivity index (χ2v) is 9.69. The SMILES string of the molecule is C=CC(=O)N1CCC(N(CC)c2cc(Br)cc(C(=O)NCc3c(C)cc(C)[nH]c3=O)c2C)CC1. The summed E-state index contributed by atoms with van der Waals surface area (Å²) in [6, 6.07) is 6.04. The monoisotopic (exact) mass is 528 g/mol. The van der Waals surface area contributed by atoms with Gasteiger partial charge in [-0.1, -0.05) is 22.5 Å². The number of hydrogen-bond donors (Lipinski definition) is 2. The number of aryl methyl sites for hydroxylation is 2. The predicted molar refractivity (Wildman–Crippen MR) is 139 cm³/mol. The van der Waals surface area contributed by atoms with Crippen molar-refractivity contribution >= 4 is 33.4 Å². The number of rotatable bonds is 7. The van der Waals surface area contributed by atoms with Crippen molar-refractivity contribution in [2.24, 2.45) is 0 Å². The molecule has 8 heteroatoms. The third kappa shape index (κ3) is 5.60. The van der Waals surface area contributed by atoms with Crippen molar-refractivity contribution in [3.05, 3.63) is 73.6 Å². The van der Waals surface area contributed by atoms with Crippen LogP contribution in [0.1, 0.15) is 52.5 Å². The van der Waals surface area contributed by atoms with E-state index in [1.807, 2.05) is 43.9 Å². The summed E-state index contributed by atoms with van der Waals surface area (Å²) >= 11 is 3.58. The maximum Gasteiger partial charge on any atom is 0.253 e. The van der Waals surface area contributed by atoms with Crippen molar-refractivity contribution in [1.82, 2.24) is 15.2 Å². The Labute approximate surface area is 209 Å². The fraction of sp³-hybridized carbons (Fsp3) is 0.423. The van der Waals surface area contributed by atoms with E-state index < -0.39 is 0 Å². The molecule has 0 spiro atoms. The molecule has 0 radical (unpaired) electrons. The number of pyridine rings is 1. The minimum Gasteiger partial charge on any atom is -0.368 e. The number of H-pyrrole nitrogens is 1. The highest BCUT2D eigenvalue weighted by molar-refractivity contribution is 9.10. The molecule has 1 fully saturated rings. The highest BCUT2D eigenvalue weighted by Gasteiger charge is 2.27. The summed E-state index contributed by atoms with van der Waals surface area (Å²) < 4.78 is 0.820. The number of aromatic nitrogens is 1. The largest absolute Gasteiger partial charge is 0.368 e. The van der Waals surface area contributed by atoms with Gasteiger partial charge in [-0.3, -0.25) is 14.4 Å². The molecule has 34 heavy (non-hydrogen) atoms. The minimum absolute atomic E-state index is 0.0262. The summed E-state index contributed by atoms with van der Waals surface area (Å²) in [6.07, 6.45) is 3.08. The molecule has 1 aliphatic heterocycles. The van der Waals surface area contributed by atoms with Crippen LogP contribution in [0.5, 0.6) is 0 Å². The Bertz CT molecular complexity index is 1150. The van der Waals surface area contributed by atoms with Crippen LogP contribution in [0.2, 0.25) is 0 Å². The lowest BCUT2D eigenvalue weighted by molar-refractivity contribution is -0.127. The molecule has 0 unspecified atom stereocenters. The van der Waals surface area contributed by atoms with Gasteiger partial charge in [0.2, 0.25) is 5.91 Å². The van der Waals surface area contributed by atoms with E-state index in [0.717, 1.165) is 46.4 Å². The van der Waals surface area contributed by atoms with Crippen LogP contribution >= 0.6 is 15.9 Å². The molecule has 1 aromatic heterocycles. The lowest BCUT2D eigenvalue weighted by Gasteiger charge is -2.40. The zero-order chi connectivity index (χ0) is 25.0. The van der Waals surface area contributed by atoms with Crippen molar-refractivity contribution < 1.29 is 9.59 Å². The molecule has 0 atom stereocenters. The number of benzene rings is 1. The normalized spacial score (nSPS) is 14.1. The summed E-state index contributed by atoms with van der Waals surface area (Å²) in [6.45, 7) is 13.7. The van der Waals surface area contributed by atoms with E-state index in [1.165, 1.54) is 6.08 Å². The molecule has 3 rings (SSSR count).